The van der Waals surface area contributed by atoms with Gasteiger partial charge >= 0.3 is 0 Å². The summed E-state index contributed by atoms with van der Waals surface area (Å²) in [5, 5.41) is 12.3. The van der Waals surface area contributed by atoms with Gasteiger partial charge < -0.3 is 10.1 Å². The van der Waals surface area contributed by atoms with Crippen LogP contribution in [-0.2, 0) is 11.4 Å². The van der Waals surface area contributed by atoms with Crippen LogP contribution in [0.2, 0.25) is 0 Å². The van der Waals surface area contributed by atoms with Crippen molar-refractivity contribution in [2.24, 2.45) is 0 Å². The molecule has 0 unspecified atom stereocenters. The topological polar surface area (TPSA) is 62.1 Å². The molecule has 3 rings (SSSR count). The quantitative estimate of drug-likeness (QED) is 0.459. The number of ether oxygens (including phenoxy) is 1. The second kappa shape index (κ2) is 9.91. The van der Waals surface area contributed by atoms with Gasteiger partial charge in [-0.1, -0.05) is 72.8 Å². The molecule has 0 heterocycles. The summed E-state index contributed by atoms with van der Waals surface area (Å²) in [6.45, 7) is 2.34. The fraction of sp³-hybridized carbons (Fsp3) is 0.120. The van der Waals surface area contributed by atoms with Gasteiger partial charge in [0.25, 0.3) is 5.91 Å². The number of rotatable bonds is 7. The number of carbonyl (C=O) groups is 1. The van der Waals surface area contributed by atoms with E-state index in [1.165, 1.54) is 0 Å². The van der Waals surface area contributed by atoms with Gasteiger partial charge in [-0.25, -0.2) is 0 Å². The van der Waals surface area contributed by atoms with Crippen molar-refractivity contribution in [1.82, 2.24) is 5.32 Å². The van der Waals surface area contributed by atoms with Gasteiger partial charge in [-0.15, -0.1) is 0 Å². The van der Waals surface area contributed by atoms with Crippen molar-refractivity contribution < 1.29 is 9.53 Å². The Bertz CT molecular complexity index is 1020. The van der Waals surface area contributed by atoms with Gasteiger partial charge in [0.15, 0.2) is 0 Å². The minimum Gasteiger partial charge on any atom is -0.489 e. The summed E-state index contributed by atoms with van der Waals surface area (Å²) < 4.78 is 5.82. The average Bonchev–Trinajstić information content (AvgIpc) is 2.77. The van der Waals surface area contributed by atoms with Crippen LogP contribution in [0.1, 0.15) is 29.7 Å². The molecule has 0 fully saturated rings. The number of hydrogen-bond acceptors (Lipinski definition) is 3. The highest BCUT2D eigenvalue weighted by molar-refractivity contribution is 6.01. The highest BCUT2D eigenvalue weighted by Gasteiger charge is 2.13. The number of amides is 1. The number of nitrogens with zero attached hydrogens (tertiary/aromatic N) is 1. The molecular weight excluding hydrogens is 360 g/mol. The molecule has 1 amide bonds. The molecule has 4 heteroatoms. The molecule has 0 spiro atoms. The maximum atomic E-state index is 12.5. The zero-order valence-electron chi connectivity index (χ0n) is 16.2. The van der Waals surface area contributed by atoms with Crippen molar-refractivity contribution in [3.8, 4) is 11.8 Å². The Kier molecular flexibility index (Phi) is 6.80. The molecule has 0 aliphatic rings. The minimum absolute atomic E-state index is 0.0491. The van der Waals surface area contributed by atoms with E-state index in [9.17, 15) is 10.1 Å². The van der Waals surface area contributed by atoms with Crippen LogP contribution in [0.25, 0.3) is 6.08 Å². The Morgan fingerprint density at radius 1 is 1.03 bits per heavy atom. The van der Waals surface area contributed by atoms with Crippen LogP contribution in [0.5, 0.6) is 5.75 Å². The van der Waals surface area contributed by atoms with Gasteiger partial charge in [0.1, 0.15) is 24.0 Å². The van der Waals surface area contributed by atoms with E-state index in [1.54, 1.807) is 6.08 Å². The van der Waals surface area contributed by atoms with Crippen LogP contribution >= 0.6 is 0 Å². The third-order valence-corrected chi connectivity index (χ3v) is 4.43. The first-order chi connectivity index (χ1) is 14.2. The molecule has 4 nitrogen and oxygen atoms in total. The van der Waals surface area contributed by atoms with Crippen LogP contribution in [-0.4, -0.2) is 5.91 Å². The van der Waals surface area contributed by atoms with Gasteiger partial charge in [0.2, 0.25) is 0 Å². The first kappa shape index (κ1) is 19.9. The van der Waals surface area contributed by atoms with Gasteiger partial charge in [-0.05, 0) is 41.8 Å². The van der Waals surface area contributed by atoms with E-state index < -0.39 is 5.91 Å². The second-order valence-electron chi connectivity index (χ2n) is 6.62. The predicted molar refractivity (Wildman–Crippen MR) is 114 cm³/mol. The SMILES string of the molecule is C[C@@H](NC(=O)/C(C#N)=C/c1cccc(OCc2ccccc2)c1)c1ccccc1. The molecule has 0 saturated heterocycles. The standard InChI is InChI=1S/C25H22N2O2/c1-19(22-12-6-3-7-13-22)27-25(28)23(17-26)15-21-11-8-14-24(16-21)29-18-20-9-4-2-5-10-20/h2-16,19H,18H2,1H3,(H,27,28)/b23-15+/t19-/m1/s1. The Hall–Kier alpha value is -3.84. The molecule has 0 aromatic heterocycles. The Balaban J connectivity index is 1.68. The zero-order valence-corrected chi connectivity index (χ0v) is 16.2. The van der Waals surface area contributed by atoms with E-state index in [1.807, 2.05) is 97.9 Å². The van der Waals surface area contributed by atoms with E-state index in [4.69, 9.17) is 4.74 Å². The maximum absolute atomic E-state index is 12.5. The molecule has 144 valence electrons. The summed E-state index contributed by atoms with van der Waals surface area (Å²) in [7, 11) is 0. The molecule has 1 atom stereocenters. The van der Waals surface area contributed by atoms with Gasteiger partial charge in [-0.3, -0.25) is 4.79 Å². The van der Waals surface area contributed by atoms with E-state index in [2.05, 4.69) is 5.32 Å². The Labute approximate surface area is 171 Å². The monoisotopic (exact) mass is 382 g/mol. The van der Waals surface area contributed by atoms with Crippen LogP contribution in [0.3, 0.4) is 0 Å². The van der Waals surface area contributed by atoms with Crippen molar-refractivity contribution in [2.75, 3.05) is 0 Å². The molecule has 0 aliphatic heterocycles. The molecule has 0 radical (unpaired) electrons. The maximum Gasteiger partial charge on any atom is 0.262 e. The fourth-order valence-electron chi connectivity index (χ4n) is 2.85. The number of hydrogen-bond donors (Lipinski definition) is 1. The number of carbonyl (C=O) groups excluding carboxylic acids is 1. The van der Waals surface area contributed by atoms with Crippen LogP contribution in [0, 0.1) is 11.3 Å². The van der Waals surface area contributed by atoms with Crippen LogP contribution < -0.4 is 10.1 Å². The highest BCUT2D eigenvalue weighted by Crippen LogP contribution is 2.18. The Morgan fingerprint density at radius 2 is 1.72 bits per heavy atom. The predicted octanol–water partition coefficient (Wildman–Crippen LogP) is 5.05. The van der Waals surface area contributed by atoms with E-state index in [0.29, 0.717) is 12.4 Å². The summed E-state index contributed by atoms with van der Waals surface area (Å²) in [6.07, 6.45) is 1.57. The molecule has 0 bridgehead atoms. The first-order valence-corrected chi connectivity index (χ1v) is 9.40. The highest BCUT2D eigenvalue weighted by atomic mass is 16.5. The van der Waals surface area contributed by atoms with E-state index >= 15 is 0 Å². The lowest BCUT2D eigenvalue weighted by Crippen LogP contribution is -2.27. The minimum atomic E-state index is -0.403. The van der Waals surface area contributed by atoms with Gasteiger partial charge in [0.05, 0.1) is 6.04 Å². The van der Waals surface area contributed by atoms with Crippen LogP contribution in [0.15, 0.2) is 90.5 Å². The third-order valence-electron chi connectivity index (χ3n) is 4.43. The molecule has 3 aromatic carbocycles. The average molecular weight is 382 g/mol. The van der Waals surface area contributed by atoms with Gasteiger partial charge in [-0.2, -0.15) is 5.26 Å². The lowest BCUT2D eigenvalue weighted by Gasteiger charge is -2.13. The van der Waals surface area contributed by atoms with Crippen molar-refractivity contribution in [3.05, 3.63) is 107 Å². The normalized spacial score (nSPS) is 11.9. The van der Waals surface area contributed by atoms with Crippen molar-refractivity contribution in [2.45, 2.75) is 19.6 Å². The largest absolute Gasteiger partial charge is 0.489 e. The molecule has 0 saturated carbocycles. The summed E-state index contributed by atoms with van der Waals surface area (Å²) >= 11 is 0. The molecule has 1 N–H and O–H groups in total. The lowest BCUT2D eigenvalue weighted by molar-refractivity contribution is -0.117. The second-order valence-corrected chi connectivity index (χ2v) is 6.62. The van der Waals surface area contributed by atoms with Crippen molar-refractivity contribution >= 4 is 12.0 Å². The van der Waals surface area contributed by atoms with Crippen molar-refractivity contribution in [1.29, 1.82) is 5.26 Å². The zero-order chi connectivity index (χ0) is 20.5. The number of nitrogens with one attached hydrogen (secondary N) is 1. The molecular formula is C25H22N2O2. The molecule has 3 aromatic rings. The van der Waals surface area contributed by atoms with Crippen molar-refractivity contribution in [3.63, 3.8) is 0 Å². The molecule has 0 aliphatic carbocycles. The fourth-order valence-corrected chi connectivity index (χ4v) is 2.85. The molecule has 29 heavy (non-hydrogen) atoms. The lowest BCUT2D eigenvalue weighted by atomic mass is 10.1. The summed E-state index contributed by atoms with van der Waals surface area (Å²) in [5.41, 5.74) is 2.83. The summed E-state index contributed by atoms with van der Waals surface area (Å²) in [4.78, 5) is 12.5. The van der Waals surface area contributed by atoms with E-state index in [0.717, 1.165) is 16.7 Å². The number of nitriles is 1. The van der Waals surface area contributed by atoms with Gasteiger partial charge in [0, 0.05) is 0 Å². The van der Waals surface area contributed by atoms with E-state index in [-0.39, 0.29) is 11.6 Å². The summed E-state index contributed by atoms with van der Waals surface area (Å²) in [6, 6.07) is 28.7. The smallest absolute Gasteiger partial charge is 0.262 e. The number of benzene rings is 3. The Morgan fingerprint density at radius 3 is 2.41 bits per heavy atom. The van der Waals surface area contributed by atoms with Crippen LogP contribution in [0.4, 0.5) is 0 Å². The summed E-state index contributed by atoms with van der Waals surface area (Å²) in [5.74, 6) is 0.275. The third kappa shape index (κ3) is 5.82. The first-order valence-electron chi connectivity index (χ1n) is 9.40.